The summed E-state index contributed by atoms with van der Waals surface area (Å²) in [6, 6.07) is 8.09. The summed E-state index contributed by atoms with van der Waals surface area (Å²) in [7, 11) is 1.84. The molecule has 0 atom stereocenters. The maximum Gasteiger partial charge on any atom is 0.200 e. The van der Waals surface area contributed by atoms with Crippen molar-refractivity contribution in [2.45, 2.75) is 0 Å². The van der Waals surface area contributed by atoms with E-state index in [-0.39, 0.29) is 0 Å². The summed E-state index contributed by atoms with van der Waals surface area (Å²) in [5, 5.41) is 2.95. The van der Waals surface area contributed by atoms with Crippen LogP contribution in [0.4, 0.5) is 5.95 Å². The third-order valence-corrected chi connectivity index (χ3v) is 2.44. The van der Waals surface area contributed by atoms with Gasteiger partial charge < -0.3 is 10.3 Å². The minimum Gasteiger partial charge on any atom is -0.359 e. The number of hydrogen-bond donors (Lipinski definition) is 2. The Balaban J connectivity index is 2.39. The Bertz CT molecular complexity index is 436. The number of benzene rings is 1. The van der Waals surface area contributed by atoms with Crippen LogP contribution in [-0.4, -0.2) is 17.0 Å². The summed E-state index contributed by atoms with van der Waals surface area (Å²) in [5.74, 6) is 0.778. The molecule has 0 amide bonds. The van der Waals surface area contributed by atoms with Crippen molar-refractivity contribution in [2.24, 2.45) is 0 Å². The van der Waals surface area contributed by atoms with Crippen molar-refractivity contribution in [1.29, 1.82) is 0 Å². The zero-order valence-corrected chi connectivity index (χ0v) is 9.30. The molecule has 0 saturated heterocycles. The van der Waals surface area contributed by atoms with E-state index in [1.165, 1.54) is 0 Å². The fraction of sp³-hybridized carbons (Fsp3) is 0.100. The number of H-pyrrole nitrogens is 1. The molecular weight excluding hydrogens is 242 g/mol. The molecular formula is C10H10BrN3. The maximum atomic E-state index is 4.16. The molecule has 2 rings (SSSR count). The molecule has 2 N–H and O–H groups in total. The van der Waals surface area contributed by atoms with E-state index in [1.807, 2.05) is 37.5 Å². The first-order chi connectivity index (χ1) is 6.79. The molecule has 0 unspecified atom stereocenters. The van der Waals surface area contributed by atoms with Crippen LogP contribution in [0.5, 0.6) is 0 Å². The van der Waals surface area contributed by atoms with Crippen molar-refractivity contribution >= 4 is 21.9 Å². The highest BCUT2D eigenvalue weighted by Crippen LogP contribution is 2.21. The van der Waals surface area contributed by atoms with Crippen molar-refractivity contribution in [3.05, 3.63) is 34.9 Å². The molecule has 0 fully saturated rings. The van der Waals surface area contributed by atoms with Gasteiger partial charge in [-0.2, -0.15) is 0 Å². The second-order valence-electron chi connectivity index (χ2n) is 2.91. The van der Waals surface area contributed by atoms with Crippen LogP contribution in [0.25, 0.3) is 11.3 Å². The Morgan fingerprint density at radius 2 is 2.29 bits per heavy atom. The first-order valence-electron chi connectivity index (χ1n) is 4.28. The van der Waals surface area contributed by atoms with Gasteiger partial charge in [0.15, 0.2) is 5.95 Å². The lowest BCUT2D eigenvalue weighted by Crippen LogP contribution is -1.88. The monoisotopic (exact) mass is 251 g/mol. The van der Waals surface area contributed by atoms with E-state index in [4.69, 9.17) is 0 Å². The molecule has 3 nitrogen and oxygen atoms in total. The molecule has 1 aromatic carbocycles. The predicted octanol–water partition coefficient (Wildman–Crippen LogP) is 2.88. The first-order valence-corrected chi connectivity index (χ1v) is 5.07. The molecule has 2 aromatic rings. The van der Waals surface area contributed by atoms with Crippen LogP contribution >= 0.6 is 15.9 Å². The van der Waals surface area contributed by atoms with Crippen LogP contribution in [0.1, 0.15) is 0 Å². The van der Waals surface area contributed by atoms with E-state index in [9.17, 15) is 0 Å². The lowest BCUT2D eigenvalue weighted by atomic mass is 10.2. The number of nitrogens with zero attached hydrogens (tertiary/aromatic N) is 1. The number of hydrogen-bond acceptors (Lipinski definition) is 2. The normalized spacial score (nSPS) is 10.1. The van der Waals surface area contributed by atoms with Crippen molar-refractivity contribution in [3.63, 3.8) is 0 Å². The van der Waals surface area contributed by atoms with Gasteiger partial charge in [0.05, 0.1) is 11.9 Å². The second kappa shape index (κ2) is 3.84. The number of nitrogens with one attached hydrogen (secondary N) is 2. The van der Waals surface area contributed by atoms with Crippen LogP contribution in [0.3, 0.4) is 0 Å². The largest absolute Gasteiger partial charge is 0.359 e. The Kier molecular flexibility index (Phi) is 2.54. The van der Waals surface area contributed by atoms with Gasteiger partial charge in [0.1, 0.15) is 0 Å². The van der Waals surface area contributed by atoms with Gasteiger partial charge >= 0.3 is 0 Å². The summed E-state index contributed by atoms with van der Waals surface area (Å²) in [5.41, 5.74) is 2.13. The maximum absolute atomic E-state index is 4.16. The van der Waals surface area contributed by atoms with Crippen molar-refractivity contribution in [2.75, 3.05) is 12.4 Å². The molecule has 4 heteroatoms. The Hall–Kier alpha value is -1.29. The molecule has 1 aromatic heterocycles. The zero-order chi connectivity index (χ0) is 9.97. The Morgan fingerprint density at radius 1 is 1.43 bits per heavy atom. The predicted molar refractivity (Wildman–Crippen MR) is 61.3 cm³/mol. The number of aromatic nitrogens is 2. The first kappa shape index (κ1) is 9.27. The van der Waals surface area contributed by atoms with Crippen LogP contribution in [-0.2, 0) is 0 Å². The summed E-state index contributed by atoms with van der Waals surface area (Å²) < 4.78 is 1.07. The summed E-state index contributed by atoms with van der Waals surface area (Å²) >= 11 is 3.43. The van der Waals surface area contributed by atoms with Crippen LogP contribution in [0.2, 0.25) is 0 Å². The molecule has 0 aliphatic rings. The van der Waals surface area contributed by atoms with Crippen molar-refractivity contribution in [1.82, 2.24) is 9.97 Å². The summed E-state index contributed by atoms with van der Waals surface area (Å²) in [6.45, 7) is 0. The van der Waals surface area contributed by atoms with E-state index in [0.29, 0.717) is 0 Å². The van der Waals surface area contributed by atoms with Gasteiger partial charge in [-0.1, -0.05) is 28.1 Å². The van der Waals surface area contributed by atoms with Gasteiger partial charge in [-0.3, -0.25) is 0 Å². The lowest BCUT2D eigenvalue weighted by Gasteiger charge is -1.97. The molecule has 14 heavy (non-hydrogen) atoms. The molecule has 0 aliphatic heterocycles. The zero-order valence-electron chi connectivity index (χ0n) is 7.71. The van der Waals surface area contributed by atoms with Gasteiger partial charge in [0.2, 0.25) is 0 Å². The Morgan fingerprint density at radius 3 is 2.93 bits per heavy atom. The average molecular weight is 252 g/mol. The molecule has 0 aliphatic carbocycles. The second-order valence-corrected chi connectivity index (χ2v) is 3.82. The highest BCUT2D eigenvalue weighted by molar-refractivity contribution is 9.10. The molecule has 0 radical (unpaired) electrons. The topological polar surface area (TPSA) is 40.7 Å². The van der Waals surface area contributed by atoms with E-state index < -0.39 is 0 Å². The number of anilines is 1. The number of halogens is 1. The van der Waals surface area contributed by atoms with E-state index in [1.54, 1.807) is 0 Å². The Labute approximate surface area is 90.7 Å². The van der Waals surface area contributed by atoms with Crippen LogP contribution in [0.15, 0.2) is 34.9 Å². The highest BCUT2D eigenvalue weighted by Gasteiger charge is 2.01. The summed E-state index contributed by atoms with van der Waals surface area (Å²) in [4.78, 5) is 7.32. The van der Waals surface area contributed by atoms with Crippen molar-refractivity contribution < 1.29 is 0 Å². The third kappa shape index (κ3) is 1.80. The third-order valence-electron chi connectivity index (χ3n) is 1.95. The number of aromatic amines is 1. The molecule has 0 saturated carbocycles. The number of rotatable bonds is 2. The van der Waals surface area contributed by atoms with Gasteiger partial charge in [0, 0.05) is 17.1 Å². The molecule has 72 valence electrons. The highest BCUT2D eigenvalue weighted by atomic mass is 79.9. The lowest BCUT2D eigenvalue weighted by molar-refractivity contribution is 1.26. The van der Waals surface area contributed by atoms with Crippen molar-refractivity contribution in [3.8, 4) is 11.3 Å². The SMILES string of the molecule is CNc1ncc(-c2cccc(Br)c2)[nH]1. The number of imidazole rings is 1. The van der Waals surface area contributed by atoms with Crippen LogP contribution in [0, 0.1) is 0 Å². The van der Waals surface area contributed by atoms with Gasteiger partial charge in [-0.05, 0) is 12.1 Å². The minimum absolute atomic E-state index is 0.778. The average Bonchev–Trinajstić information content (AvgIpc) is 2.66. The van der Waals surface area contributed by atoms with Gasteiger partial charge in [0.25, 0.3) is 0 Å². The molecule has 1 heterocycles. The quantitative estimate of drug-likeness (QED) is 0.862. The van der Waals surface area contributed by atoms with Crippen LogP contribution < -0.4 is 5.32 Å². The van der Waals surface area contributed by atoms with E-state index in [0.717, 1.165) is 21.7 Å². The smallest absolute Gasteiger partial charge is 0.200 e. The molecule has 0 spiro atoms. The van der Waals surface area contributed by atoms with E-state index >= 15 is 0 Å². The van der Waals surface area contributed by atoms with Gasteiger partial charge in [-0.25, -0.2) is 4.98 Å². The molecule has 0 bridgehead atoms. The summed E-state index contributed by atoms with van der Waals surface area (Å²) in [6.07, 6.45) is 1.81. The van der Waals surface area contributed by atoms with E-state index in [2.05, 4.69) is 31.2 Å². The standard InChI is InChI=1S/C10H10BrN3/c1-12-10-13-6-9(14-10)7-3-2-4-8(11)5-7/h2-6H,1H3,(H2,12,13,14). The fourth-order valence-corrected chi connectivity index (χ4v) is 1.65. The van der Waals surface area contributed by atoms with Gasteiger partial charge in [-0.15, -0.1) is 0 Å². The fourth-order valence-electron chi connectivity index (χ4n) is 1.25. The minimum atomic E-state index is 0.778.